The van der Waals surface area contributed by atoms with Gasteiger partial charge in [-0.15, -0.1) is 0 Å². The van der Waals surface area contributed by atoms with Gasteiger partial charge in [0.2, 0.25) is 0 Å². The SMILES string of the molecule is COc1ccc(O)c(C(=O)NCC(C)(C)C(C)C)c1. The molecule has 1 rings (SSSR count). The van der Waals surface area contributed by atoms with Crippen LogP contribution in [0, 0.1) is 11.3 Å². The molecule has 0 heterocycles. The number of aromatic hydroxyl groups is 1. The Morgan fingerprint density at radius 1 is 1.42 bits per heavy atom. The van der Waals surface area contributed by atoms with Crippen molar-refractivity contribution in [2.75, 3.05) is 13.7 Å². The highest BCUT2D eigenvalue weighted by Crippen LogP contribution is 2.26. The molecular weight excluding hydrogens is 242 g/mol. The Labute approximate surface area is 114 Å². The fourth-order valence-electron chi connectivity index (χ4n) is 1.43. The fraction of sp³-hybridized carbons (Fsp3) is 0.533. The zero-order valence-electron chi connectivity index (χ0n) is 12.3. The minimum Gasteiger partial charge on any atom is -0.507 e. The third-order valence-electron chi connectivity index (χ3n) is 3.72. The second-order valence-corrected chi connectivity index (χ2v) is 5.71. The molecule has 19 heavy (non-hydrogen) atoms. The van der Waals surface area contributed by atoms with Gasteiger partial charge in [0.15, 0.2) is 0 Å². The van der Waals surface area contributed by atoms with Crippen LogP contribution in [-0.2, 0) is 0 Å². The second-order valence-electron chi connectivity index (χ2n) is 5.71. The minimum absolute atomic E-state index is 0.00411. The molecule has 0 radical (unpaired) electrons. The van der Waals surface area contributed by atoms with Crippen molar-refractivity contribution in [3.05, 3.63) is 23.8 Å². The summed E-state index contributed by atoms with van der Waals surface area (Å²) in [6.07, 6.45) is 0. The van der Waals surface area contributed by atoms with Crippen molar-refractivity contribution < 1.29 is 14.6 Å². The number of phenolic OH excluding ortho intramolecular Hbond substituents is 1. The lowest BCUT2D eigenvalue weighted by Crippen LogP contribution is -2.37. The topological polar surface area (TPSA) is 58.6 Å². The average molecular weight is 265 g/mol. The summed E-state index contributed by atoms with van der Waals surface area (Å²) in [6.45, 7) is 9.00. The van der Waals surface area contributed by atoms with Crippen LogP contribution in [0.25, 0.3) is 0 Å². The molecule has 2 N–H and O–H groups in total. The van der Waals surface area contributed by atoms with Crippen molar-refractivity contribution in [1.82, 2.24) is 5.32 Å². The monoisotopic (exact) mass is 265 g/mol. The zero-order valence-corrected chi connectivity index (χ0v) is 12.3. The number of hydrogen-bond acceptors (Lipinski definition) is 3. The van der Waals surface area contributed by atoms with Gasteiger partial charge in [0.1, 0.15) is 11.5 Å². The van der Waals surface area contributed by atoms with Gasteiger partial charge < -0.3 is 15.2 Å². The number of amides is 1. The van der Waals surface area contributed by atoms with Crippen molar-refractivity contribution in [3.8, 4) is 11.5 Å². The lowest BCUT2D eigenvalue weighted by molar-refractivity contribution is 0.0921. The third-order valence-corrected chi connectivity index (χ3v) is 3.72. The van der Waals surface area contributed by atoms with E-state index in [1.54, 1.807) is 6.07 Å². The van der Waals surface area contributed by atoms with Crippen molar-refractivity contribution in [2.45, 2.75) is 27.7 Å². The van der Waals surface area contributed by atoms with E-state index in [9.17, 15) is 9.90 Å². The first-order valence-corrected chi connectivity index (χ1v) is 6.43. The fourth-order valence-corrected chi connectivity index (χ4v) is 1.43. The van der Waals surface area contributed by atoms with Crippen LogP contribution in [0.2, 0.25) is 0 Å². The van der Waals surface area contributed by atoms with Gasteiger partial charge in [-0.05, 0) is 29.5 Å². The van der Waals surface area contributed by atoms with Crippen LogP contribution in [0.5, 0.6) is 11.5 Å². The highest BCUT2D eigenvalue weighted by Gasteiger charge is 2.23. The Balaban J connectivity index is 2.79. The molecule has 1 aromatic carbocycles. The third kappa shape index (κ3) is 3.88. The summed E-state index contributed by atoms with van der Waals surface area (Å²) in [7, 11) is 1.52. The van der Waals surface area contributed by atoms with E-state index >= 15 is 0 Å². The molecule has 0 bridgehead atoms. The summed E-state index contributed by atoms with van der Waals surface area (Å²) in [5, 5.41) is 12.6. The van der Waals surface area contributed by atoms with E-state index in [0.29, 0.717) is 18.2 Å². The second kappa shape index (κ2) is 5.95. The first-order valence-electron chi connectivity index (χ1n) is 6.43. The molecule has 0 aliphatic heterocycles. The molecule has 0 saturated carbocycles. The number of nitrogens with one attached hydrogen (secondary N) is 1. The maximum Gasteiger partial charge on any atom is 0.255 e. The molecule has 0 atom stereocenters. The molecule has 0 fully saturated rings. The first kappa shape index (κ1) is 15.3. The number of hydrogen-bond donors (Lipinski definition) is 2. The number of carbonyl (C=O) groups is 1. The highest BCUT2D eigenvalue weighted by atomic mass is 16.5. The first-order chi connectivity index (χ1) is 8.77. The molecule has 0 saturated heterocycles. The number of methoxy groups -OCH3 is 1. The summed E-state index contributed by atoms with van der Waals surface area (Å²) < 4.78 is 5.05. The molecule has 4 heteroatoms. The molecule has 4 nitrogen and oxygen atoms in total. The van der Waals surface area contributed by atoms with Crippen LogP contribution in [0.3, 0.4) is 0 Å². The molecule has 106 valence electrons. The van der Waals surface area contributed by atoms with E-state index < -0.39 is 0 Å². The largest absolute Gasteiger partial charge is 0.507 e. The van der Waals surface area contributed by atoms with E-state index in [2.05, 4.69) is 33.0 Å². The van der Waals surface area contributed by atoms with Crippen LogP contribution in [0.4, 0.5) is 0 Å². The Morgan fingerprint density at radius 3 is 2.58 bits per heavy atom. The maximum atomic E-state index is 12.1. The molecule has 0 spiro atoms. The molecule has 0 aliphatic carbocycles. The van der Waals surface area contributed by atoms with Gasteiger partial charge in [0.25, 0.3) is 5.91 Å². The van der Waals surface area contributed by atoms with Gasteiger partial charge in [0.05, 0.1) is 12.7 Å². The Kier molecular flexibility index (Phi) is 4.81. The van der Waals surface area contributed by atoms with Crippen LogP contribution in [-0.4, -0.2) is 24.7 Å². The van der Waals surface area contributed by atoms with E-state index in [4.69, 9.17) is 4.74 Å². The lowest BCUT2D eigenvalue weighted by atomic mass is 9.81. The van der Waals surface area contributed by atoms with Crippen molar-refractivity contribution in [2.24, 2.45) is 11.3 Å². The Hall–Kier alpha value is -1.71. The lowest BCUT2D eigenvalue weighted by Gasteiger charge is -2.29. The number of rotatable bonds is 5. The van der Waals surface area contributed by atoms with Crippen molar-refractivity contribution in [3.63, 3.8) is 0 Å². The maximum absolute atomic E-state index is 12.1. The molecule has 0 aliphatic rings. The van der Waals surface area contributed by atoms with E-state index in [-0.39, 0.29) is 22.6 Å². The quantitative estimate of drug-likeness (QED) is 0.860. The Morgan fingerprint density at radius 2 is 2.05 bits per heavy atom. The van der Waals surface area contributed by atoms with Gasteiger partial charge in [0, 0.05) is 6.54 Å². The normalized spacial score (nSPS) is 11.5. The number of phenols is 1. The molecule has 1 amide bonds. The summed E-state index contributed by atoms with van der Waals surface area (Å²) in [5.74, 6) is 0.670. The van der Waals surface area contributed by atoms with Gasteiger partial charge in [-0.25, -0.2) is 0 Å². The predicted octanol–water partition coefficient (Wildman–Crippen LogP) is 2.81. The summed E-state index contributed by atoms with van der Waals surface area (Å²) >= 11 is 0. The highest BCUT2D eigenvalue weighted by molar-refractivity contribution is 5.97. The molecule has 0 unspecified atom stereocenters. The standard InChI is InChI=1S/C15H23NO3/c1-10(2)15(3,4)9-16-14(18)12-8-11(19-5)6-7-13(12)17/h6-8,10,17H,9H2,1-5H3,(H,16,18). The smallest absolute Gasteiger partial charge is 0.255 e. The minimum atomic E-state index is -0.287. The summed E-state index contributed by atoms with van der Waals surface area (Å²) in [4.78, 5) is 12.1. The van der Waals surface area contributed by atoms with Gasteiger partial charge in [-0.2, -0.15) is 0 Å². The zero-order chi connectivity index (χ0) is 14.6. The van der Waals surface area contributed by atoms with Gasteiger partial charge >= 0.3 is 0 Å². The van der Waals surface area contributed by atoms with E-state index in [1.807, 2.05) is 0 Å². The molecule has 1 aromatic rings. The average Bonchev–Trinajstić information content (AvgIpc) is 2.36. The van der Waals surface area contributed by atoms with Gasteiger partial charge in [-0.1, -0.05) is 27.7 Å². The van der Waals surface area contributed by atoms with E-state index in [0.717, 1.165) is 0 Å². The number of ether oxygens (including phenoxy) is 1. The Bertz CT molecular complexity index is 453. The van der Waals surface area contributed by atoms with Crippen LogP contribution in [0.15, 0.2) is 18.2 Å². The summed E-state index contributed by atoms with van der Waals surface area (Å²) in [6, 6.07) is 4.61. The number of carbonyl (C=O) groups excluding carboxylic acids is 1. The molecular formula is C15H23NO3. The van der Waals surface area contributed by atoms with Crippen molar-refractivity contribution in [1.29, 1.82) is 0 Å². The van der Waals surface area contributed by atoms with Gasteiger partial charge in [-0.3, -0.25) is 4.79 Å². The van der Waals surface area contributed by atoms with Crippen LogP contribution in [0.1, 0.15) is 38.1 Å². The van der Waals surface area contributed by atoms with Crippen LogP contribution >= 0.6 is 0 Å². The predicted molar refractivity (Wildman–Crippen MR) is 75.6 cm³/mol. The number of benzene rings is 1. The molecule has 0 aromatic heterocycles. The summed E-state index contributed by atoms with van der Waals surface area (Å²) in [5.41, 5.74) is 0.239. The van der Waals surface area contributed by atoms with Crippen molar-refractivity contribution >= 4 is 5.91 Å². The van der Waals surface area contributed by atoms with E-state index in [1.165, 1.54) is 19.2 Å². The van der Waals surface area contributed by atoms with Crippen LogP contribution < -0.4 is 10.1 Å².